The van der Waals surface area contributed by atoms with Crippen LogP contribution in [0, 0.1) is 5.82 Å². The minimum absolute atomic E-state index is 0.0100. The lowest BCUT2D eigenvalue weighted by molar-refractivity contribution is -0.117. The van der Waals surface area contributed by atoms with Crippen LogP contribution in [-0.4, -0.2) is 60.7 Å². The molecule has 1 fully saturated rings. The number of hydrogen-bond donors (Lipinski definition) is 3. The fourth-order valence-corrected chi connectivity index (χ4v) is 4.99. The summed E-state index contributed by atoms with van der Waals surface area (Å²) < 4.78 is 25.7. The normalized spacial score (nSPS) is 21.4. The molecular formula is C24H30ClFN6O4. The highest BCUT2D eigenvalue weighted by atomic mass is 35.5. The van der Waals surface area contributed by atoms with Crippen molar-refractivity contribution in [3.63, 3.8) is 0 Å². The topological polar surface area (TPSA) is 112 Å². The highest BCUT2D eigenvalue weighted by Gasteiger charge is 2.35. The fraction of sp³-hybridized carbons (Fsp3) is 0.458. The van der Waals surface area contributed by atoms with Gasteiger partial charge in [0.05, 0.1) is 20.8 Å². The minimum atomic E-state index is -1.28. The Balaban J connectivity index is 1.62. The third-order valence-corrected chi connectivity index (χ3v) is 6.94. The summed E-state index contributed by atoms with van der Waals surface area (Å²) in [5.41, 5.74) is 0.605. The van der Waals surface area contributed by atoms with Crippen molar-refractivity contribution in [1.82, 2.24) is 15.3 Å². The summed E-state index contributed by atoms with van der Waals surface area (Å²) in [4.78, 5) is 23.8. The zero-order valence-corrected chi connectivity index (χ0v) is 21.2. The first-order chi connectivity index (χ1) is 17.3. The van der Waals surface area contributed by atoms with Crippen LogP contribution in [0.2, 0.25) is 5.02 Å². The molecule has 3 atom stereocenters. The van der Waals surface area contributed by atoms with Crippen molar-refractivity contribution in [2.24, 2.45) is 0 Å². The largest absolute Gasteiger partial charge is 0.495 e. The predicted molar refractivity (Wildman–Crippen MR) is 135 cm³/mol. The van der Waals surface area contributed by atoms with E-state index in [0.29, 0.717) is 17.3 Å². The van der Waals surface area contributed by atoms with Gasteiger partial charge in [-0.2, -0.15) is 4.98 Å². The molecule has 3 N–H and O–H groups in total. The molecule has 1 aliphatic heterocycles. The average molecular weight is 521 g/mol. The van der Waals surface area contributed by atoms with Crippen LogP contribution in [0.1, 0.15) is 31.2 Å². The minimum Gasteiger partial charge on any atom is -0.495 e. The number of methoxy groups -OCH3 is 2. The van der Waals surface area contributed by atoms with E-state index in [2.05, 4.69) is 27.2 Å². The van der Waals surface area contributed by atoms with Crippen molar-refractivity contribution < 1.29 is 23.8 Å². The van der Waals surface area contributed by atoms with Crippen molar-refractivity contribution >= 4 is 35.0 Å². The summed E-state index contributed by atoms with van der Waals surface area (Å²) in [5.74, 6) is 0.0787. The molecule has 0 bridgehead atoms. The predicted octanol–water partition coefficient (Wildman–Crippen LogP) is 3.04. The third-order valence-electron chi connectivity index (χ3n) is 6.57. The number of aromatic nitrogens is 2. The molecule has 194 valence electrons. The van der Waals surface area contributed by atoms with Crippen LogP contribution in [0.25, 0.3) is 0 Å². The molecule has 1 amide bonds. The zero-order chi connectivity index (χ0) is 26.0. The second kappa shape index (κ2) is 10.8. The van der Waals surface area contributed by atoms with E-state index in [1.807, 2.05) is 0 Å². The van der Waals surface area contributed by atoms with Gasteiger partial charge < -0.3 is 35.0 Å². The number of rotatable bonds is 7. The molecule has 1 saturated carbocycles. The number of carbonyl (C=O) groups excluding carboxylic acids is 1. The van der Waals surface area contributed by atoms with E-state index in [-0.39, 0.29) is 46.7 Å². The van der Waals surface area contributed by atoms with E-state index in [9.17, 15) is 9.90 Å². The Kier molecular flexibility index (Phi) is 7.70. The highest BCUT2D eigenvalue weighted by Crippen LogP contribution is 2.44. The molecule has 2 aromatic rings. The number of amides is 1. The number of ether oxygens (including phenoxy) is 2. The summed E-state index contributed by atoms with van der Waals surface area (Å²) in [7, 11) is 4.40. The monoisotopic (exact) mass is 520 g/mol. The summed E-state index contributed by atoms with van der Waals surface area (Å²) in [6.45, 7) is 3.61. The molecule has 4 rings (SSSR count). The number of aliphatic hydroxyl groups is 1. The van der Waals surface area contributed by atoms with Crippen LogP contribution in [0.4, 0.5) is 21.8 Å². The lowest BCUT2D eigenvalue weighted by Crippen LogP contribution is -2.51. The molecule has 0 saturated heterocycles. The number of anilines is 3. The summed E-state index contributed by atoms with van der Waals surface area (Å²) in [6, 6.07) is 1.23. The quantitative estimate of drug-likeness (QED) is 0.474. The average Bonchev–Trinajstić information content (AvgIpc) is 2.88. The number of halogens is 2. The summed E-state index contributed by atoms with van der Waals surface area (Å²) in [5, 5.41) is 17.4. The number of aliphatic hydroxyl groups excluding tert-OH is 1. The number of nitrogens with zero attached hydrogens (tertiary/aromatic N) is 4. The van der Waals surface area contributed by atoms with E-state index >= 15 is 4.39 Å². The zero-order valence-electron chi connectivity index (χ0n) is 20.4. The maximum absolute atomic E-state index is 15.3. The second-order valence-corrected chi connectivity index (χ2v) is 9.12. The summed E-state index contributed by atoms with van der Waals surface area (Å²) >= 11 is 6.44. The Morgan fingerprint density at radius 1 is 1.28 bits per heavy atom. The molecular weight excluding hydrogens is 491 g/mol. The summed E-state index contributed by atoms with van der Waals surface area (Å²) in [6.07, 6.45) is 5.34. The van der Waals surface area contributed by atoms with E-state index in [1.54, 1.807) is 13.2 Å². The van der Waals surface area contributed by atoms with Crippen molar-refractivity contribution in [1.29, 1.82) is 0 Å². The first-order valence-electron chi connectivity index (χ1n) is 11.6. The van der Waals surface area contributed by atoms with Crippen LogP contribution in [-0.2, 0) is 11.3 Å². The molecule has 0 radical (unpaired) electrons. The van der Waals surface area contributed by atoms with Crippen LogP contribution in [0.5, 0.6) is 11.5 Å². The molecule has 1 aromatic carbocycles. The van der Waals surface area contributed by atoms with E-state index < -0.39 is 12.2 Å². The van der Waals surface area contributed by atoms with Gasteiger partial charge in [0, 0.05) is 37.0 Å². The van der Waals surface area contributed by atoms with Gasteiger partial charge in [0.1, 0.15) is 22.3 Å². The SMILES string of the molecule is C=CC(=O)N[C@H]1CCCC[C@H]1Nc1ncc2c(n1)N(C)C(O)N(c1c(F)c(OC)cc(OC)c1Cl)C2. The van der Waals surface area contributed by atoms with E-state index in [1.165, 1.54) is 36.2 Å². The number of fused-ring (bicyclic) bond motifs is 1. The Labute approximate surface area is 214 Å². The maximum atomic E-state index is 15.3. The van der Waals surface area contributed by atoms with Crippen LogP contribution < -0.4 is 29.9 Å². The standard InChI is InChI=1S/C24H30ClFN6O4/c1-5-18(33)28-14-8-6-7-9-15(14)29-23-27-11-13-12-32(24(34)31(2)22(13)30-23)21-19(25)16(35-3)10-17(36-4)20(21)26/h5,10-11,14-15,24,34H,1,6-9,12H2,2-4H3,(H,28,33)(H,27,29,30)/t14-,15+,24?/m0/s1. The molecule has 36 heavy (non-hydrogen) atoms. The van der Waals surface area contributed by atoms with Crippen LogP contribution in [0.15, 0.2) is 24.9 Å². The van der Waals surface area contributed by atoms with Gasteiger partial charge >= 0.3 is 0 Å². The first-order valence-corrected chi connectivity index (χ1v) is 12.0. The molecule has 0 spiro atoms. The molecule has 12 heteroatoms. The number of carbonyl (C=O) groups is 1. The maximum Gasteiger partial charge on any atom is 0.243 e. The van der Waals surface area contributed by atoms with Gasteiger partial charge in [-0.1, -0.05) is 31.0 Å². The van der Waals surface area contributed by atoms with Crippen molar-refractivity contribution in [2.75, 3.05) is 36.4 Å². The molecule has 2 heterocycles. The van der Waals surface area contributed by atoms with Gasteiger partial charge in [-0.3, -0.25) is 4.79 Å². The second-order valence-electron chi connectivity index (χ2n) is 8.74. The van der Waals surface area contributed by atoms with Gasteiger partial charge in [-0.25, -0.2) is 9.37 Å². The molecule has 1 aromatic heterocycles. The van der Waals surface area contributed by atoms with E-state index in [4.69, 9.17) is 21.1 Å². The molecule has 2 aliphatic rings. The Bertz CT molecular complexity index is 1120. The molecule has 1 aliphatic carbocycles. The van der Waals surface area contributed by atoms with Crippen LogP contribution >= 0.6 is 11.6 Å². The fourth-order valence-electron chi connectivity index (χ4n) is 4.67. The Morgan fingerprint density at radius 3 is 2.64 bits per heavy atom. The van der Waals surface area contributed by atoms with Gasteiger partial charge in [-0.15, -0.1) is 0 Å². The number of benzene rings is 1. The van der Waals surface area contributed by atoms with Crippen molar-refractivity contribution in [3.8, 4) is 11.5 Å². The van der Waals surface area contributed by atoms with Gasteiger partial charge in [0.2, 0.25) is 18.2 Å². The van der Waals surface area contributed by atoms with Crippen LogP contribution in [0.3, 0.4) is 0 Å². The van der Waals surface area contributed by atoms with Crippen molar-refractivity contribution in [3.05, 3.63) is 41.3 Å². The molecule has 1 unspecified atom stereocenters. The first kappa shape index (κ1) is 25.8. The Morgan fingerprint density at radius 2 is 1.97 bits per heavy atom. The number of nitrogens with one attached hydrogen (secondary N) is 2. The van der Waals surface area contributed by atoms with Crippen molar-refractivity contribution in [2.45, 2.75) is 50.7 Å². The molecule has 10 nitrogen and oxygen atoms in total. The highest BCUT2D eigenvalue weighted by molar-refractivity contribution is 6.35. The lowest BCUT2D eigenvalue weighted by Gasteiger charge is -2.41. The number of hydrogen-bond acceptors (Lipinski definition) is 9. The van der Waals surface area contributed by atoms with Gasteiger partial charge in [-0.05, 0) is 18.9 Å². The third kappa shape index (κ3) is 4.85. The van der Waals surface area contributed by atoms with Gasteiger partial charge in [0.15, 0.2) is 11.6 Å². The van der Waals surface area contributed by atoms with E-state index in [0.717, 1.165) is 25.7 Å². The Hall–Kier alpha value is -3.31. The van der Waals surface area contributed by atoms with Gasteiger partial charge in [0.25, 0.3) is 0 Å². The smallest absolute Gasteiger partial charge is 0.243 e. The lowest BCUT2D eigenvalue weighted by atomic mass is 9.90.